The lowest BCUT2D eigenvalue weighted by Gasteiger charge is -2.16. The zero-order valence-corrected chi connectivity index (χ0v) is 14.1. The minimum Gasteiger partial charge on any atom is -0.387 e. The Kier molecular flexibility index (Phi) is 3.81. The molecule has 1 heterocycles. The molecule has 3 rings (SSSR count). The standard InChI is InChI=1S/C15H16Br2N2/c1-18-14-10-5-3-2-4-6-13(10)19-15-11(14)7-9(16)8-12(15)17/h7-8H,2-6H2,1H3,(H,18,19). The number of hydrogen-bond donors (Lipinski definition) is 1. The molecule has 0 spiro atoms. The average molecular weight is 384 g/mol. The van der Waals surface area contributed by atoms with E-state index in [1.165, 1.54) is 41.6 Å². The maximum absolute atomic E-state index is 4.92. The first kappa shape index (κ1) is 13.4. The Morgan fingerprint density at radius 1 is 1.11 bits per heavy atom. The van der Waals surface area contributed by atoms with Gasteiger partial charge >= 0.3 is 0 Å². The number of fused-ring (bicyclic) bond motifs is 2. The van der Waals surface area contributed by atoms with Gasteiger partial charge in [0.05, 0.1) is 5.52 Å². The second-order valence-electron chi connectivity index (χ2n) is 5.01. The summed E-state index contributed by atoms with van der Waals surface area (Å²) >= 11 is 7.21. The van der Waals surface area contributed by atoms with Gasteiger partial charge in [0.15, 0.2) is 0 Å². The Balaban J connectivity index is 2.36. The summed E-state index contributed by atoms with van der Waals surface area (Å²) in [4.78, 5) is 4.92. The Morgan fingerprint density at radius 3 is 2.68 bits per heavy atom. The van der Waals surface area contributed by atoms with E-state index in [1.54, 1.807) is 0 Å². The number of nitrogens with one attached hydrogen (secondary N) is 1. The highest BCUT2D eigenvalue weighted by molar-refractivity contribution is 9.11. The average Bonchev–Trinajstić information content (AvgIpc) is 2.61. The molecule has 0 saturated heterocycles. The summed E-state index contributed by atoms with van der Waals surface area (Å²) in [7, 11) is 2.01. The third-order valence-electron chi connectivity index (χ3n) is 3.78. The molecule has 1 N–H and O–H groups in total. The van der Waals surface area contributed by atoms with Crippen LogP contribution in [-0.2, 0) is 12.8 Å². The van der Waals surface area contributed by atoms with Gasteiger partial charge in [-0.05, 0) is 59.3 Å². The number of halogens is 2. The molecular weight excluding hydrogens is 368 g/mol. The van der Waals surface area contributed by atoms with Gasteiger partial charge in [-0.1, -0.05) is 22.4 Å². The van der Waals surface area contributed by atoms with E-state index in [4.69, 9.17) is 4.98 Å². The molecule has 0 atom stereocenters. The smallest absolute Gasteiger partial charge is 0.0869 e. The van der Waals surface area contributed by atoms with E-state index in [2.05, 4.69) is 49.3 Å². The van der Waals surface area contributed by atoms with Crippen LogP contribution in [0.5, 0.6) is 0 Å². The largest absolute Gasteiger partial charge is 0.387 e. The first-order valence-electron chi connectivity index (χ1n) is 6.69. The minimum atomic E-state index is 1.06. The van der Waals surface area contributed by atoms with Crippen LogP contribution in [0.4, 0.5) is 5.69 Å². The minimum absolute atomic E-state index is 1.06. The van der Waals surface area contributed by atoms with Gasteiger partial charge in [0.2, 0.25) is 0 Å². The van der Waals surface area contributed by atoms with E-state index < -0.39 is 0 Å². The number of aromatic nitrogens is 1. The van der Waals surface area contributed by atoms with Crippen molar-refractivity contribution in [1.82, 2.24) is 4.98 Å². The van der Waals surface area contributed by atoms with Crippen LogP contribution < -0.4 is 5.32 Å². The van der Waals surface area contributed by atoms with Gasteiger partial charge in [-0.2, -0.15) is 0 Å². The van der Waals surface area contributed by atoms with Crippen molar-refractivity contribution in [2.24, 2.45) is 0 Å². The molecule has 0 amide bonds. The predicted octanol–water partition coefficient (Wildman–Crippen LogP) is 5.07. The van der Waals surface area contributed by atoms with Crippen LogP contribution in [-0.4, -0.2) is 12.0 Å². The third-order valence-corrected chi connectivity index (χ3v) is 4.85. The molecule has 0 saturated carbocycles. The van der Waals surface area contributed by atoms with Crippen molar-refractivity contribution in [3.63, 3.8) is 0 Å². The maximum atomic E-state index is 4.92. The normalized spacial score (nSPS) is 15.1. The number of anilines is 1. The highest BCUT2D eigenvalue weighted by Crippen LogP contribution is 2.37. The lowest BCUT2D eigenvalue weighted by atomic mass is 10.0. The monoisotopic (exact) mass is 382 g/mol. The maximum Gasteiger partial charge on any atom is 0.0869 e. The molecule has 1 aliphatic carbocycles. The zero-order chi connectivity index (χ0) is 13.4. The molecule has 0 radical (unpaired) electrons. The second-order valence-corrected chi connectivity index (χ2v) is 6.78. The fourth-order valence-corrected chi connectivity index (χ4v) is 4.23. The van der Waals surface area contributed by atoms with Crippen LogP contribution in [0.15, 0.2) is 21.1 Å². The Morgan fingerprint density at radius 2 is 1.89 bits per heavy atom. The first-order valence-corrected chi connectivity index (χ1v) is 8.27. The van der Waals surface area contributed by atoms with E-state index in [1.807, 2.05) is 7.05 Å². The Labute approximate surface area is 130 Å². The van der Waals surface area contributed by atoms with Crippen LogP contribution >= 0.6 is 31.9 Å². The molecule has 0 fully saturated rings. The summed E-state index contributed by atoms with van der Waals surface area (Å²) in [6.07, 6.45) is 6.06. The first-order chi connectivity index (χ1) is 9.20. The summed E-state index contributed by atoms with van der Waals surface area (Å²) in [5.41, 5.74) is 5.01. The van der Waals surface area contributed by atoms with Gasteiger partial charge in [0.1, 0.15) is 0 Å². The molecule has 19 heavy (non-hydrogen) atoms. The molecule has 100 valence electrons. The SMILES string of the molecule is CNc1c2c(nc3c(Br)cc(Br)cc13)CCCCC2. The molecule has 2 aromatic rings. The molecule has 1 aliphatic rings. The molecular formula is C15H16Br2N2. The topological polar surface area (TPSA) is 24.9 Å². The summed E-state index contributed by atoms with van der Waals surface area (Å²) in [5.74, 6) is 0. The van der Waals surface area contributed by atoms with Crippen LogP contribution in [0.2, 0.25) is 0 Å². The molecule has 1 aromatic heterocycles. The summed E-state index contributed by atoms with van der Waals surface area (Å²) in [6, 6.07) is 4.22. The summed E-state index contributed by atoms with van der Waals surface area (Å²) < 4.78 is 2.14. The number of rotatable bonds is 1. The van der Waals surface area contributed by atoms with Gasteiger partial charge < -0.3 is 5.32 Å². The van der Waals surface area contributed by atoms with E-state index in [-0.39, 0.29) is 0 Å². The van der Waals surface area contributed by atoms with Gasteiger partial charge in [0.25, 0.3) is 0 Å². The van der Waals surface area contributed by atoms with Crippen molar-refractivity contribution in [3.8, 4) is 0 Å². The van der Waals surface area contributed by atoms with Crippen molar-refractivity contribution < 1.29 is 0 Å². The number of nitrogens with zero attached hydrogens (tertiary/aromatic N) is 1. The van der Waals surface area contributed by atoms with Crippen molar-refractivity contribution in [1.29, 1.82) is 0 Å². The van der Waals surface area contributed by atoms with Gasteiger partial charge in [-0.25, -0.2) is 0 Å². The Hall–Kier alpha value is -0.610. The van der Waals surface area contributed by atoms with E-state index in [0.29, 0.717) is 0 Å². The van der Waals surface area contributed by atoms with Crippen molar-refractivity contribution >= 4 is 48.5 Å². The van der Waals surface area contributed by atoms with Crippen molar-refractivity contribution in [2.75, 3.05) is 12.4 Å². The summed E-state index contributed by atoms with van der Waals surface area (Å²) in [5, 5.41) is 4.60. The van der Waals surface area contributed by atoms with Crippen molar-refractivity contribution in [2.45, 2.75) is 32.1 Å². The van der Waals surface area contributed by atoms with Gasteiger partial charge in [-0.15, -0.1) is 0 Å². The number of aryl methyl sites for hydroxylation is 1. The number of hydrogen-bond acceptors (Lipinski definition) is 2. The molecule has 1 aromatic carbocycles. The fourth-order valence-electron chi connectivity index (χ4n) is 2.91. The highest BCUT2D eigenvalue weighted by Gasteiger charge is 2.17. The van der Waals surface area contributed by atoms with E-state index >= 15 is 0 Å². The van der Waals surface area contributed by atoms with Gasteiger partial charge in [-0.3, -0.25) is 4.98 Å². The fraction of sp³-hybridized carbons (Fsp3) is 0.400. The number of pyridine rings is 1. The molecule has 0 aliphatic heterocycles. The zero-order valence-electron chi connectivity index (χ0n) is 10.9. The van der Waals surface area contributed by atoms with Crippen LogP contribution in [0.1, 0.15) is 30.5 Å². The predicted molar refractivity (Wildman–Crippen MR) is 87.9 cm³/mol. The Bertz CT molecular complexity index is 638. The van der Waals surface area contributed by atoms with Crippen LogP contribution in [0.25, 0.3) is 10.9 Å². The molecule has 0 unspecified atom stereocenters. The van der Waals surface area contributed by atoms with Crippen molar-refractivity contribution in [3.05, 3.63) is 32.3 Å². The van der Waals surface area contributed by atoms with Crippen LogP contribution in [0.3, 0.4) is 0 Å². The van der Waals surface area contributed by atoms with E-state index in [0.717, 1.165) is 27.3 Å². The van der Waals surface area contributed by atoms with E-state index in [9.17, 15) is 0 Å². The quantitative estimate of drug-likeness (QED) is 0.695. The lowest BCUT2D eigenvalue weighted by Crippen LogP contribution is -2.03. The molecule has 0 bridgehead atoms. The summed E-state index contributed by atoms with van der Waals surface area (Å²) in [6.45, 7) is 0. The second kappa shape index (κ2) is 5.41. The molecule has 2 nitrogen and oxygen atoms in total. The highest BCUT2D eigenvalue weighted by atomic mass is 79.9. The lowest BCUT2D eigenvalue weighted by molar-refractivity contribution is 0.709. The molecule has 4 heteroatoms. The van der Waals surface area contributed by atoms with Crippen LogP contribution in [0, 0.1) is 0 Å². The third kappa shape index (κ3) is 2.40. The van der Waals surface area contributed by atoms with Gasteiger partial charge in [0, 0.05) is 32.8 Å². The number of benzene rings is 1.